The molecule has 1 rings (SSSR count). The van der Waals surface area contributed by atoms with Crippen molar-refractivity contribution in [2.75, 3.05) is 0 Å². The van der Waals surface area contributed by atoms with E-state index < -0.39 is 0 Å². The molecule has 0 aliphatic rings. The number of aliphatic hydroxyl groups is 1. The quantitative estimate of drug-likeness (QED) is 0.495. The van der Waals surface area contributed by atoms with E-state index in [-0.39, 0.29) is 6.61 Å². The summed E-state index contributed by atoms with van der Waals surface area (Å²) in [6.07, 6.45) is 1.73. The molecule has 1 heterocycles. The van der Waals surface area contributed by atoms with E-state index in [0.717, 1.165) is 26.4 Å². The van der Waals surface area contributed by atoms with E-state index in [1.54, 1.807) is 6.20 Å². The van der Waals surface area contributed by atoms with Crippen LogP contribution in [0.2, 0.25) is 0 Å². The van der Waals surface area contributed by atoms with Crippen molar-refractivity contribution in [1.82, 2.24) is 4.98 Å². The molecule has 0 unspecified atom stereocenters. The summed E-state index contributed by atoms with van der Waals surface area (Å²) < 4.78 is 1.08. The standard InChI is InChI=1S/C6H6NO.Al.2H/c8-5-6-1-3-7-4-2-6;;;/h1-3,8H,5H2;;;. The van der Waals surface area contributed by atoms with Crippen molar-refractivity contribution >= 4 is 20.8 Å². The number of nitrogens with zero attached hydrogens (tertiary/aromatic N) is 1. The van der Waals surface area contributed by atoms with Crippen LogP contribution in [-0.2, 0) is 6.61 Å². The first-order valence-electron chi connectivity index (χ1n) is 2.85. The summed E-state index contributed by atoms with van der Waals surface area (Å²) >= 11 is 0.955. The summed E-state index contributed by atoms with van der Waals surface area (Å²) in [6, 6.07) is 3.74. The van der Waals surface area contributed by atoms with Gasteiger partial charge >= 0.3 is 0 Å². The Morgan fingerprint density at radius 1 is 1.67 bits per heavy atom. The highest BCUT2D eigenvalue weighted by molar-refractivity contribution is 6.30. The monoisotopic (exact) mass is 137 g/mol. The zero-order valence-electron chi connectivity index (χ0n) is 5.33. The minimum Gasteiger partial charge on any atom is -0.392 e. The highest BCUT2D eigenvalue weighted by atomic mass is 27.0. The molecule has 0 fully saturated rings. The number of rotatable bonds is 1. The number of aromatic nitrogens is 1. The molecule has 0 atom stereocenters. The predicted octanol–water partition coefficient (Wildman–Crippen LogP) is -1.17. The second-order valence-electron chi connectivity index (χ2n) is 1.96. The Bertz CT molecular complexity index is 202. The van der Waals surface area contributed by atoms with E-state index in [2.05, 4.69) is 4.98 Å². The number of aliphatic hydroxyl groups excluding tert-OH is 1. The number of hydrogen-bond acceptors (Lipinski definition) is 2. The Morgan fingerprint density at radius 3 is 2.89 bits per heavy atom. The summed E-state index contributed by atoms with van der Waals surface area (Å²) in [4.78, 5) is 4.04. The van der Waals surface area contributed by atoms with Crippen LogP contribution < -0.4 is 4.56 Å². The second-order valence-corrected chi connectivity index (χ2v) is 2.99. The van der Waals surface area contributed by atoms with Crippen LogP contribution in [0.25, 0.3) is 0 Å². The Kier molecular flexibility index (Phi) is 2.24. The van der Waals surface area contributed by atoms with E-state index in [0.29, 0.717) is 0 Å². The first kappa shape index (κ1) is 6.76. The zero-order chi connectivity index (χ0) is 6.69. The third-order valence-corrected chi connectivity index (χ3v) is 1.69. The van der Waals surface area contributed by atoms with Gasteiger partial charge in [0.2, 0.25) is 0 Å². The molecule has 0 bridgehead atoms. The maximum absolute atomic E-state index is 8.65. The largest absolute Gasteiger partial charge is 0.392 e. The van der Waals surface area contributed by atoms with E-state index >= 15 is 0 Å². The molecule has 0 amide bonds. The molecule has 2 nitrogen and oxygen atoms in total. The van der Waals surface area contributed by atoms with Gasteiger partial charge in [0.25, 0.3) is 16.3 Å². The Hall–Kier alpha value is -0.358. The molecule has 0 saturated carbocycles. The van der Waals surface area contributed by atoms with Crippen LogP contribution in [-0.4, -0.2) is 26.4 Å². The molecule has 1 aromatic heterocycles. The average Bonchev–Trinajstić information content (AvgIpc) is 1.88. The van der Waals surface area contributed by atoms with Gasteiger partial charge in [-0.1, -0.05) is 6.07 Å². The lowest BCUT2D eigenvalue weighted by Crippen LogP contribution is -2.07. The zero-order valence-corrected chi connectivity index (χ0v) is 7.33. The maximum Gasteiger partial charge on any atom is 0.289 e. The molecular weight excluding hydrogens is 129 g/mol. The van der Waals surface area contributed by atoms with Gasteiger partial charge in [-0.05, 0) is 16.2 Å². The Morgan fingerprint density at radius 2 is 2.44 bits per heavy atom. The Labute approximate surface area is 62.0 Å². The lowest BCUT2D eigenvalue weighted by Gasteiger charge is -1.94. The van der Waals surface area contributed by atoms with E-state index in [4.69, 9.17) is 5.11 Å². The van der Waals surface area contributed by atoms with Crippen LogP contribution in [0.1, 0.15) is 5.56 Å². The van der Waals surface area contributed by atoms with E-state index in [1.807, 2.05) is 12.1 Å². The molecule has 0 aliphatic heterocycles. The lowest BCUT2D eigenvalue weighted by molar-refractivity contribution is 0.282. The van der Waals surface area contributed by atoms with Crippen LogP contribution in [0.3, 0.4) is 0 Å². The predicted molar refractivity (Wildman–Crippen MR) is 38.3 cm³/mol. The number of pyridine rings is 1. The molecule has 9 heavy (non-hydrogen) atoms. The highest BCUT2D eigenvalue weighted by Gasteiger charge is 1.87. The lowest BCUT2D eigenvalue weighted by atomic mass is 10.3. The van der Waals surface area contributed by atoms with E-state index in [9.17, 15) is 0 Å². The van der Waals surface area contributed by atoms with Crippen molar-refractivity contribution in [3.63, 3.8) is 0 Å². The molecule has 46 valence electrons. The van der Waals surface area contributed by atoms with Gasteiger partial charge in [-0.3, -0.25) is 4.98 Å². The van der Waals surface area contributed by atoms with Crippen LogP contribution in [0.4, 0.5) is 0 Å². The molecular formula is C6H8AlNO. The van der Waals surface area contributed by atoms with Gasteiger partial charge in [0.1, 0.15) is 0 Å². The number of hydrogen-bond donors (Lipinski definition) is 1. The second kappa shape index (κ2) is 2.98. The smallest absolute Gasteiger partial charge is 0.289 e. The van der Waals surface area contributed by atoms with Gasteiger partial charge in [0, 0.05) is 6.20 Å². The third-order valence-electron chi connectivity index (χ3n) is 1.14. The summed E-state index contributed by atoms with van der Waals surface area (Å²) in [5.74, 6) is 0. The van der Waals surface area contributed by atoms with Gasteiger partial charge in [0.15, 0.2) is 0 Å². The fourth-order valence-electron chi connectivity index (χ4n) is 0.703. The normalized spacial score (nSPS) is 9.44. The van der Waals surface area contributed by atoms with Crippen molar-refractivity contribution in [3.8, 4) is 0 Å². The molecule has 0 saturated heterocycles. The molecule has 0 aromatic carbocycles. The maximum atomic E-state index is 8.65. The van der Waals surface area contributed by atoms with Crippen molar-refractivity contribution in [2.24, 2.45) is 0 Å². The first-order chi connectivity index (χ1) is 4.33. The van der Waals surface area contributed by atoms with Gasteiger partial charge < -0.3 is 5.11 Å². The molecule has 1 N–H and O–H groups in total. The Balaban J connectivity index is 2.94. The van der Waals surface area contributed by atoms with Gasteiger partial charge in [-0.15, -0.1) is 0 Å². The van der Waals surface area contributed by atoms with Crippen LogP contribution in [0.15, 0.2) is 18.3 Å². The van der Waals surface area contributed by atoms with Crippen molar-refractivity contribution in [1.29, 1.82) is 0 Å². The summed E-state index contributed by atoms with van der Waals surface area (Å²) in [6.45, 7) is 0.123. The molecule has 3 heteroatoms. The van der Waals surface area contributed by atoms with Crippen LogP contribution in [0, 0.1) is 0 Å². The average molecular weight is 137 g/mol. The van der Waals surface area contributed by atoms with Crippen LogP contribution >= 0.6 is 0 Å². The van der Waals surface area contributed by atoms with Gasteiger partial charge in [0.05, 0.1) is 6.61 Å². The van der Waals surface area contributed by atoms with Crippen molar-refractivity contribution < 1.29 is 5.11 Å². The molecule has 0 spiro atoms. The van der Waals surface area contributed by atoms with Crippen molar-refractivity contribution in [2.45, 2.75) is 6.61 Å². The van der Waals surface area contributed by atoms with E-state index in [1.165, 1.54) is 0 Å². The first-order valence-corrected chi connectivity index (χ1v) is 3.85. The van der Waals surface area contributed by atoms with Gasteiger partial charge in [-0.25, -0.2) is 0 Å². The minimum atomic E-state index is 0.123. The topological polar surface area (TPSA) is 33.1 Å². The van der Waals surface area contributed by atoms with Crippen molar-refractivity contribution in [3.05, 3.63) is 23.9 Å². The third kappa shape index (κ3) is 1.80. The fraction of sp³-hybridized carbons (Fsp3) is 0.167. The van der Waals surface area contributed by atoms with Crippen LogP contribution in [0.5, 0.6) is 0 Å². The molecule has 0 radical (unpaired) electrons. The van der Waals surface area contributed by atoms with Gasteiger partial charge in [-0.2, -0.15) is 0 Å². The SMILES string of the molecule is OCc1ccn[c]([AlH2])c1. The summed E-state index contributed by atoms with van der Waals surface area (Å²) in [5, 5.41) is 8.65. The summed E-state index contributed by atoms with van der Waals surface area (Å²) in [7, 11) is 0. The fourth-order valence-corrected chi connectivity index (χ4v) is 1.22. The minimum absolute atomic E-state index is 0.123. The molecule has 1 aromatic rings. The molecule has 0 aliphatic carbocycles. The summed E-state index contributed by atoms with van der Waals surface area (Å²) in [5.41, 5.74) is 0.954. The highest BCUT2D eigenvalue weighted by Crippen LogP contribution is 1.91.